The van der Waals surface area contributed by atoms with Gasteiger partial charge in [0, 0.05) is 24.7 Å². The molecular weight excluding hydrogens is 388 g/mol. The second kappa shape index (κ2) is 10.4. The van der Waals surface area contributed by atoms with Gasteiger partial charge in [0.2, 0.25) is 10.0 Å². The summed E-state index contributed by atoms with van der Waals surface area (Å²) in [5.41, 5.74) is 2.31. The Balaban J connectivity index is 1.70. The third kappa shape index (κ3) is 7.63. The largest absolute Gasteiger partial charge is 0.469 e. The fourth-order valence-electron chi connectivity index (χ4n) is 3.47. The Hall–Kier alpha value is -1.60. The summed E-state index contributed by atoms with van der Waals surface area (Å²) in [5.74, 6) is 0.398. The van der Waals surface area contributed by atoms with Crippen LogP contribution in [0.1, 0.15) is 64.9 Å². The summed E-state index contributed by atoms with van der Waals surface area (Å²) in [6.45, 7) is 6.10. The van der Waals surface area contributed by atoms with Crippen LogP contribution >= 0.6 is 0 Å². The summed E-state index contributed by atoms with van der Waals surface area (Å²) < 4.78 is 31.4. The van der Waals surface area contributed by atoms with E-state index in [1.807, 2.05) is 0 Å². The van der Waals surface area contributed by atoms with Crippen LogP contribution in [0.4, 0.5) is 5.69 Å². The molecule has 0 aliphatic heterocycles. The van der Waals surface area contributed by atoms with Crippen LogP contribution in [0.5, 0.6) is 0 Å². The van der Waals surface area contributed by atoms with Gasteiger partial charge in [-0.15, -0.1) is 0 Å². The highest BCUT2D eigenvalue weighted by Gasteiger charge is 2.32. The molecule has 1 aliphatic rings. The molecule has 6 nitrogen and oxygen atoms in total. The Labute approximate surface area is 175 Å². The Morgan fingerprint density at radius 1 is 1.10 bits per heavy atom. The van der Waals surface area contributed by atoms with Gasteiger partial charge in [0.1, 0.15) is 0 Å². The Morgan fingerprint density at radius 3 is 2.28 bits per heavy atom. The number of benzene rings is 1. The van der Waals surface area contributed by atoms with Crippen LogP contribution in [0.2, 0.25) is 0 Å². The van der Waals surface area contributed by atoms with Gasteiger partial charge in [0.05, 0.1) is 11.9 Å². The molecule has 164 valence electrons. The van der Waals surface area contributed by atoms with Crippen molar-refractivity contribution in [2.45, 2.75) is 76.5 Å². The second-order valence-electron chi connectivity index (χ2n) is 8.96. The number of ether oxygens (including phenoxy) is 1. The standard InChI is InChI=1S/C22H36N2O4S/c1-22(2,3)29(26,27)24-20-14-10-18(11-15-20)16-23-19-12-8-17(9-13-19)6-5-7-21(25)28-4/h8-9,12-13,18,20,23-24H,5-7,10-11,14-16H2,1-4H3/t18-,20-. The number of rotatable bonds is 9. The van der Waals surface area contributed by atoms with E-state index in [-0.39, 0.29) is 12.0 Å². The number of hydrogen-bond acceptors (Lipinski definition) is 5. The number of carbonyl (C=O) groups excluding carboxylic acids is 1. The van der Waals surface area contributed by atoms with Crippen LogP contribution in [0.15, 0.2) is 24.3 Å². The van der Waals surface area contributed by atoms with Crippen LogP contribution in [-0.4, -0.2) is 38.8 Å². The lowest BCUT2D eigenvalue weighted by molar-refractivity contribution is -0.140. The van der Waals surface area contributed by atoms with Gasteiger partial charge in [-0.1, -0.05) is 12.1 Å². The quantitative estimate of drug-likeness (QED) is 0.588. The van der Waals surface area contributed by atoms with E-state index in [9.17, 15) is 13.2 Å². The molecule has 0 amide bonds. The first-order valence-electron chi connectivity index (χ1n) is 10.5. The molecule has 1 aromatic carbocycles. The minimum absolute atomic E-state index is 0.0553. The number of hydrogen-bond donors (Lipinski definition) is 2. The molecule has 0 saturated heterocycles. The average Bonchev–Trinajstić information content (AvgIpc) is 2.67. The predicted molar refractivity (Wildman–Crippen MR) is 117 cm³/mol. The fourth-order valence-corrected chi connectivity index (χ4v) is 4.50. The van der Waals surface area contributed by atoms with E-state index in [1.165, 1.54) is 12.7 Å². The highest BCUT2D eigenvalue weighted by molar-refractivity contribution is 7.90. The molecule has 0 spiro atoms. The lowest BCUT2D eigenvalue weighted by Gasteiger charge is -2.31. The molecular formula is C22H36N2O4S. The van der Waals surface area contributed by atoms with Crippen molar-refractivity contribution < 1.29 is 17.9 Å². The second-order valence-corrected chi connectivity index (χ2v) is 11.4. The van der Waals surface area contributed by atoms with Crippen LogP contribution in [-0.2, 0) is 26.0 Å². The maximum absolute atomic E-state index is 12.3. The summed E-state index contributed by atoms with van der Waals surface area (Å²) >= 11 is 0. The van der Waals surface area contributed by atoms with E-state index in [0.717, 1.165) is 50.8 Å². The SMILES string of the molecule is COC(=O)CCCc1ccc(NC[C@H]2CC[C@H](NS(=O)(=O)C(C)(C)C)CC2)cc1. The summed E-state index contributed by atoms with van der Waals surface area (Å²) in [7, 11) is -1.86. The third-order valence-corrected chi connectivity index (χ3v) is 7.85. The molecule has 1 aromatic rings. The maximum Gasteiger partial charge on any atom is 0.305 e. The zero-order valence-electron chi connectivity index (χ0n) is 18.2. The molecule has 1 saturated carbocycles. The number of esters is 1. The van der Waals surface area contributed by atoms with Gasteiger partial charge in [-0.2, -0.15) is 0 Å². The summed E-state index contributed by atoms with van der Waals surface area (Å²) in [6.07, 6.45) is 5.93. The monoisotopic (exact) mass is 424 g/mol. The molecule has 0 unspecified atom stereocenters. The number of aryl methyl sites for hydroxylation is 1. The van der Waals surface area contributed by atoms with Crippen molar-refractivity contribution in [3.63, 3.8) is 0 Å². The van der Waals surface area contributed by atoms with E-state index in [2.05, 4.69) is 39.0 Å². The predicted octanol–water partition coefficient (Wildman–Crippen LogP) is 3.87. The topological polar surface area (TPSA) is 84.5 Å². The minimum Gasteiger partial charge on any atom is -0.469 e. The molecule has 0 radical (unpaired) electrons. The summed E-state index contributed by atoms with van der Waals surface area (Å²) in [5, 5.41) is 3.50. The van der Waals surface area contributed by atoms with Crippen molar-refractivity contribution in [1.82, 2.24) is 4.72 Å². The van der Waals surface area contributed by atoms with Gasteiger partial charge in [0.15, 0.2) is 0 Å². The average molecular weight is 425 g/mol. The number of anilines is 1. The van der Waals surface area contributed by atoms with Gasteiger partial charge in [-0.25, -0.2) is 13.1 Å². The third-order valence-electron chi connectivity index (χ3n) is 5.60. The number of carbonyl (C=O) groups is 1. The number of methoxy groups -OCH3 is 1. The van der Waals surface area contributed by atoms with E-state index < -0.39 is 14.8 Å². The molecule has 29 heavy (non-hydrogen) atoms. The molecule has 2 rings (SSSR count). The first kappa shape index (κ1) is 23.7. The van der Waals surface area contributed by atoms with Crippen molar-refractivity contribution in [2.75, 3.05) is 19.0 Å². The Bertz CT molecular complexity index is 746. The highest BCUT2D eigenvalue weighted by atomic mass is 32.2. The van der Waals surface area contributed by atoms with Crippen LogP contribution in [0.3, 0.4) is 0 Å². The van der Waals surface area contributed by atoms with Crippen molar-refractivity contribution in [1.29, 1.82) is 0 Å². The summed E-state index contributed by atoms with van der Waals surface area (Å²) in [4.78, 5) is 11.2. The minimum atomic E-state index is -3.28. The van der Waals surface area contributed by atoms with Crippen LogP contribution < -0.4 is 10.0 Å². The molecule has 0 bridgehead atoms. The van der Waals surface area contributed by atoms with Crippen molar-refractivity contribution in [3.8, 4) is 0 Å². The maximum atomic E-state index is 12.3. The normalized spacial score (nSPS) is 20.3. The van der Waals surface area contributed by atoms with Crippen LogP contribution in [0.25, 0.3) is 0 Å². The molecule has 1 aliphatic carbocycles. The fraction of sp³-hybridized carbons (Fsp3) is 0.682. The van der Waals surface area contributed by atoms with E-state index >= 15 is 0 Å². The molecule has 0 aromatic heterocycles. The van der Waals surface area contributed by atoms with Crippen molar-refractivity contribution >= 4 is 21.7 Å². The first-order valence-corrected chi connectivity index (χ1v) is 12.0. The Morgan fingerprint density at radius 2 is 1.72 bits per heavy atom. The summed E-state index contributed by atoms with van der Waals surface area (Å²) in [6, 6.07) is 8.41. The smallest absolute Gasteiger partial charge is 0.305 e. The zero-order chi connectivity index (χ0) is 21.5. The lowest BCUT2D eigenvalue weighted by atomic mass is 9.86. The van der Waals surface area contributed by atoms with Gasteiger partial charge >= 0.3 is 5.97 Å². The lowest BCUT2D eigenvalue weighted by Crippen LogP contribution is -2.46. The van der Waals surface area contributed by atoms with Gasteiger partial charge in [-0.05, 0) is 82.9 Å². The van der Waals surface area contributed by atoms with E-state index in [1.54, 1.807) is 20.8 Å². The van der Waals surface area contributed by atoms with Crippen molar-refractivity contribution in [3.05, 3.63) is 29.8 Å². The van der Waals surface area contributed by atoms with Crippen molar-refractivity contribution in [2.24, 2.45) is 5.92 Å². The first-order chi connectivity index (χ1) is 13.6. The molecule has 0 heterocycles. The van der Waals surface area contributed by atoms with Gasteiger partial charge < -0.3 is 10.1 Å². The molecule has 1 fully saturated rings. The van der Waals surface area contributed by atoms with Gasteiger partial charge in [-0.3, -0.25) is 4.79 Å². The van der Waals surface area contributed by atoms with Gasteiger partial charge in [0.25, 0.3) is 0 Å². The van der Waals surface area contributed by atoms with E-state index in [0.29, 0.717) is 12.3 Å². The van der Waals surface area contributed by atoms with Crippen LogP contribution in [0, 0.1) is 5.92 Å². The molecule has 2 N–H and O–H groups in total. The molecule has 7 heteroatoms. The number of nitrogens with one attached hydrogen (secondary N) is 2. The Kier molecular flexibility index (Phi) is 8.52. The molecule has 0 atom stereocenters. The highest BCUT2D eigenvalue weighted by Crippen LogP contribution is 2.26. The number of sulfonamides is 1. The van der Waals surface area contributed by atoms with E-state index in [4.69, 9.17) is 0 Å². The zero-order valence-corrected chi connectivity index (χ0v) is 19.0.